The zero-order chi connectivity index (χ0) is 16.1. The van der Waals surface area contributed by atoms with E-state index >= 15 is 0 Å². The topological polar surface area (TPSA) is 64.0 Å². The Labute approximate surface area is 133 Å². The molecule has 1 amide bonds. The monoisotopic (exact) mass is 319 g/mol. The van der Waals surface area contributed by atoms with Gasteiger partial charge in [0, 0.05) is 22.9 Å². The molecule has 0 aliphatic rings. The third-order valence-corrected chi connectivity index (χ3v) is 4.76. The molecule has 22 heavy (non-hydrogen) atoms. The van der Waals surface area contributed by atoms with Gasteiger partial charge >= 0.3 is 0 Å². The van der Waals surface area contributed by atoms with Crippen LogP contribution in [-0.2, 0) is 15.6 Å². The van der Waals surface area contributed by atoms with E-state index in [4.69, 9.17) is 0 Å². The van der Waals surface area contributed by atoms with Crippen molar-refractivity contribution in [3.8, 4) is 0 Å². The summed E-state index contributed by atoms with van der Waals surface area (Å²) >= 11 is 0. The molecule has 0 aliphatic heterocycles. The van der Waals surface area contributed by atoms with Crippen molar-refractivity contribution in [2.24, 2.45) is 0 Å². The third-order valence-electron chi connectivity index (χ3n) is 3.38. The maximum atomic E-state index is 12.2. The van der Waals surface area contributed by atoms with Crippen LogP contribution in [0, 0.1) is 13.8 Å². The predicted octanol–water partition coefficient (Wildman–Crippen LogP) is 1.98. The van der Waals surface area contributed by atoms with Crippen molar-refractivity contribution >= 4 is 16.7 Å². The summed E-state index contributed by atoms with van der Waals surface area (Å²) in [5.74, 6) is 0.288. The number of aryl methyl sites for hydroxylation is 2. The van der Waals surface area contributed by atoms with Gasteiger partial charge in [0.25, 0.3) is 0 Å². The summed E-state index contributed by atoms with van der Waals surface area (Å²) in [6.45, 7) is 6.01. The molecule has 1 aromatic carbocycles. The van der Waals surface area contributed by atoms with E-state index < -0.39 is 10.8 Å². The highest BCUT2D eigenvalue weighted by molar-refractivity contribution is 7.85. The Balaban J connectivity index is 1.85. The van der Waals surface area contributed by atoms with Crippen molar-refractivity contribution in [1.82, 2.24) is 15.1 Å². The first-order chi connectivity index (χ1) is 10.5. The SMILES string of the molecule is Cc1cc(C)n([C@@H](C)C(=O)NCC[S@](=O)c2ccccc2)n1. The summed E-state index contributed by atoms with van der Waals surface area (Å²) in [7, 11) is -1.09. The number of aromatic nitrogens is 2. The van der Waals surface area contributed by atoms with Gasteiger partial charge in [-0.2, -0.15) is 5.10 Å². The lowest BCUT2D eigenvalue weighted by Gasteiger charge is -2.14. The van der Waals surface area contributed by atoms with Crippen LogP contribution in [0.3, 0.4) is 0 Å². The molecule has 0 spiro atoms. The first-order valence-electron chi connectivity index (χ1n) is 7.23. The Morgan fingerprint density at radius 2 is 2.00 bits per heavy atom. The van der Waals surface area contributed by atoms with Crippen molar-refractivity contribution in [1.29, 1.82) is 0 Å². The number of carbonyl (C=O) groups is 1. The summed E-state index contributed by atoms with van der Waals surface area (Å²) < 4.78 is 13.8. The van der Waals surface area contributed by atoms with Crippen molar-refractivity contribution in [3.05, 3.63) is 47.8 Å². The lowest BCUT2D eigenvalue weighted by atomic mass is 10.3. The summed E-state index contributed by atoms with van der Waals surface area (Å²) in [4.78, 5) is 12.9. The van der Waals surface area contributed by atoms with Gasteiger partial charge in [-0.05, 0) is 39.0 Å². The molecule has 0 fully saturated rings. The van der Waals surface area contributed by atoms with E-state index in [2.05, 4.69) is 10.4 Å². The Hall–Kier alpha value is -1.95. The van der Waals surface area contributed by atoms with E-state index in [0.29, 0.717) is 12.3 Å². The molecule has 1 aromatic heterocycles. The van der Waals surface area contributed by atoms with Crippen LogP contribution in [0.4, 0.5) is 0 Å². The number of hydrogen-bond acceptors (Lipinski definition) is 3. The summed E-state index contributed by atoms with van der Waals surface area (Å²) in [6, 6.07) is 10.8. The molecular weight excluding hydrogens is 298 g/mol. The fourth-order valence-electron chi connectivity index (χ4n) is 2.25. The van der Waals surface area contributed by atoms with E-state index in [1.54, 1.807) is 4.68 Å². The molecule has 5 nitrogen and oxygen atoms in total. The first kappa shape index (κ1) is 16.4. The van der Waals surface area contributed by atoms with E-state index in [9.17, 15) is 9.00 Å². The standard InChI is InChI=1S/C16H21N3O2S/c1-12-11-13(2)19(18-12)14(3)16(20)17-9-10-22(21)15-7-5-4-6-8-15/h4-8,11,14H,9-10H2,1-3H3,(H,17,20)/t14-,22-/m0/s1. The lowest BCUT2D eigenvalue weighted by Crippen LogP contribution is -2.34. The van der Waals surface area contributed by atoms with Gasteiger partial charge in [-0.25, -0.2) is 0 Å². The smallest absolute Gasteiger partial charge is 0.244 e. The van der Waals surface area contributed by atoms with E-state index in [1.165, 1.54) is 0 Å². The number of rotatable bonds is 6. The van der Waals surface area contributed by atoms with E-state index in [-0.39, 0.29) is 11.9 Å². The maximum absolute atomic E-state index is 12.2. The van der Waals surface area contributed by atoms with Gasteiger partial charge in [-0.3, -0.25) is 13.7 Å². The minimum absolute atomic E-state index is 0.115. The zero-order valence-corrected chi connectivity index (χ0v) is 13.9. The van der Waals surface area contributed by atoms with Gasteiger partial charge in [0.1, 0.15) is 6.04 Å². The van der Waals surface area contributed by atoms with Crippen LogP contribution in [0.5, 0.6) is 0 Å². The van der Waals surface area contributed by atoms with Crippen molar-refractivity contribution in [3.63, 3.8) is 0 Å². The Morgan fingerprint density at radius 1 is 1.32 bits per heavy atom. The second-order valence-corrected chi connectivity index (χ2v) is 6.77. The Morgan fingerprint density at radius 3 is 2.59 bits per heavy atom. The molecule has 1 N–H and O–H groups in total. The predicted molar refractivity (Wildman–Crippen MR) is 87.1 cm³/mol. The van der Waals surface area contributed by atoms with Gasteiger partial charge < -0.3 is 5.32 Å². The molecule has 118 valence electrons. The highest BCUT2D eigenvalue weighted by Crippen LogP contribution is 2.10. The van der Waals surface area contributed by atoms with Crippen molar-refractivity contribution in [2.45, 2.75) is 31.7 Å². The van der Waals surface area contributed by atoms with Gasteiger partial charge in [-0.15, -0.1) is 0 Å². The van der Waals surface area contributed by atoms with Crippen molar-refractivity contribution < 1.29 is 9.00 Å². The quantitative estimate of drug-likeness (QED) is 0.885. The van der Waals surface area contributed by atoms with Gasteiger partial charge in [0.15, 0.2) is 0 Å². The van der Waals surface area contributed by atoms with Crippen LogP contribution in [0.15, 0.2) is 41.3 Å². The first-order valence-corrected chi connectivity index (χ1v) is 8.55. The number of nitrogens with zero attached hydrogens (tertiary/aromatic N) is 2. The minimum atomic E-state index is -1.09. The minimum Gasteiger partial charge on any atom is -0.353 e. The number of amides is 1. The molecule has 0 saturated carbocycles. The number of benzene rings is 1. The van der Waals surface area contributed by atoms with E-state index in [1.807, 2.05) is 57.2 Å². The molecule has 0 radical (unpaired) electrons. The Bertz CT molecular complexity index is 667. The van der Waals surface area contributed by atoms with Crippen LogP contribution in [0.1, 0.15) is 24.4 Å². The van der Waals surface area contributed by atoms with Gasteiger partial charge in [0.2, 0.25) is 5.91 Å². The summed E-state index contributed by atoms with van der Waals surface area (Å²) in [5, 5.41) is 7.14. The van der Waals surface area contributed by atoms with Crippen molar-refractivity contribution in [2.75, 3.05) is 12.3 Å². The van der Waals surface area contributed by atoms with Gasteiger partial charge in [-0.1, -0.05) is 18.2 Å². The maximum Gasteiger partial charge on any atom is 0.244 e. The largest absolute Gasteiger partial charge is 0.353 e. The van der Waals surface area contributed by atoms with Crippen LogP contribution in [0.25, 0.3) is 0 Å². The fraction of sp³-hybridized carbons (Fsp3) is 0.375. The second kappa shape index (κ2) is 7.35. The molecule has 2 atom stereocenters. The van der Waals surface area contributed by atoms with Crippen LogP contribution >= 0.6 is 0 Å². The lowest BCUT2D eigenvalue weighted by molar-refractivity contribution is -0.124. The Kier molecular flexibility index (Phi) is 5.49. The molecule has 0 unspecified atom stereocenters. The summed E-state index contributed by atoms with van der Waals surface area (Å²) in [5.41, 5.74) is 1.84. The molecule has 1 heterocycles. The number of carbonyl (C=O) groups excluding carboxylic acids is 1. The highest BCUT2D eigenvalue weighted by Gasteiger charge is 2.17. The zero-order valence-electron chi connectivity index (χ0n) is 13.1. The second-order valence-electron chi connectivity index (χ2n) is 5.20. The fourth-order valence-corrected chi connectivity index (χ4v) is 3.24. The molecule has 6 heteroatoms. The molecule has 0 bridgehead atoms. The number of hydrogen-bond donors (Lipinski definition) is 1. The van der Waals surface area contributed by atoms with Crippen LogP contribution in [0.2, 0.25) is 0 Å². The van der Waals surface area contributed by atoms with Gasteiger partial charge in [0.05, 0.1) is 16.5 Å². The normalized spacial score (nSPS) is 13.6. The molecule has 0 aliphatic carbocycles. The summed E-state index contributed by atoms with van der Waals surface area (Å²) in [6.07, 6.45) is 0. The molecular formula is C16H21N3O2S. The average Bonchev–Trinajstić information content (AvgIpc) is 2.85. The van der Waals surface area contributed by atoms with E-state index in [0.717, 1.165) is 16.3 Å². The molecule has 0 saturated heterocycles. The average molecular weight is 319 g/mol. The molecule has 2 rings (SSSR count). The number of nitrogens with one attached hydrogen (secondary N) is 1. The van der Waals surface area contributed by atoms with Crippen LogP contribution in [-0.4, -0.2) is 32.2 Å². The van der Waals surface area contributed by atoms with Crippen LogP contribution < -0.4 is 5.32 Å². The highest BCUT2D eigenvalue weighted by atomic mass is 32.2. The third kappa shape index (κ3) is 4.04. The molecule has 2 aromatic rings.